The van der Waals surface area contributed by atoms with Crippen molar-refractivity contribution in [1.29, 1.82) is 0 Å². The van der Waals surface area contributed by atoms with Crippen LogP contribution in [0.3, 0.4) is 0 Å². The molecule has 1 fully saturated rings. The van der Waals surface area contributed by atoms with Gasteiger partial charge in [-0.3, -0.25) is 0 Å². The van der Waals surface area contributed by atoms with Crippen molar-refractivity contribution in [3.05, 3.63) is 175 Å². The first-order valence-electron chi connectivity index (χ1n) is 17.9. The molecule has 7 aromatic carbocycles. The highest BCUT2D eigenvalue weighted by Crippen LogP contribution is 2.41. The molecule has 0 unspecified atom stereocenters. The Morgan fingerprint density at radius 1 is 0.385 bits per heavy atom. The number of furan rings is 1. The van der Waals surface area contributed by atoms with E-state index < -0.39 is 0 Å². The third kappa shape index (κ3) is 5.65. The van der Waals surface area contributed by atoms with Gasteiger partial charge in [-0.2, -0.15) is 0 Å². The number of hydrogen-bond acceptors (Lipinski definition) is 4. The summed E-state index contributed by atoms with van der Waals surface area (Å²) >= 11 is 0. The predicted octanol–water partition coefficient (Wildman–Crippen LogP) is 12.7. The third-order valence-corrected chi connectivity index (χ3v) is 10.2. The first kappa shape index (κ1) is 30.2. The Morgan fingerprint density at radius 3 is 1.48 bits per heavy atom. The van der Waals surface area contributed by atoms with Crippen molar-refractivity contribution in [3.8, 4) is 67.5 Å². The molecule has 0 N–H and O–H groups in total. The fourth-order valence-corrected chi connectivity index (χ4v) is 7.20. The summed E-state index contributed by atoms with van der Waals surface area (Å²) in [6, 6.07) is 59.4. The van der Waals surface area contributed by atoms with Gasteiger partial charge in [0.2, 0.25) is 0 Å². The first-order chi connectivity index (χ1) is 25.7. The van der Waals surface area contributed by atoms with Crippen LogP contribution in [-0.4, -0.2) is 15.0 Å². The summed E-state index contributed by atoms with van der Waals surface area (Å²) in [6.07, 6.45) is 2.64. The van der Waals surface area contributed by atoms with E-state index in [0.29, 0.717) is 17.5 Å². The Balaban J connectivity index is 1.06. The Bertz CT molecular complexity index is 2690. The molecule has 1 aliphatic carbocycles. The SMILES string of the molecule is c1ccc(-c2ccc(-c3nc(-c4ccccc4)nc(-c4cccc5oc6ccc(-c7ccc(-c8ccc(C9CC9)cc8)cc7)cc6c45)n3)cc2)cc1. The molecule has 0 aliphatic heterocycles. The summed E-state index contributed by atoms with van der Waals surface area (Å²) in [7, 11) is 0. The lowest BCUT2D eigenvalue weighted by Gasteiger charge is -2.10. The summed E-state index contributed by atoms with van der Waals surface area (Å²) in [4.78, 5) is 15.2. The van der Waals surface area contributed by atoms with Crippen LogP contribution in [0.1, 0.15) is 24.3 Å². The molecule has 2 heterocycles. The average Bonchev–Trinajstić information content (AvgIpc) is 4.01. The minimum atomic E-state index is 0.603. The molecule has 246 valence electrons. The molecular formula is C48H33N3O. The lowest BCUT2D eigenvalue weighted by Crippen LogP contribution is -2.00. The predicted molar refractivity (Wildman–Crippen MR) is 212 cm³/mol. The number of nitrogens with zero attached hydrogens (tertiary/aromatic N) is 3. The van der Waals surface area contributed by atoms with E-state index in [9.17, 15) is 0 Å². The molecule has 1 aliphatic rings. The van der Waals surface area contributed by atoms with Gasteiger partial charge in [0.15, 0.2) is 17.5 Å². The van der Waals surface area contributed by atoms with Crippen molar-refractivity contribution in [2.45, 2.75) is 18.8 Å². The van der Waals surface area contributed by atoms with Crippen molar-refractivity contribution in [2.75, 3.05) is 0 Å². The molecule has 2 aromatic heterocycles. The van der Waals surface area contributed by atoms with Gasteiger partial charge in [0.1, 0.15) is 11.2 Å². The maximum absolute atomic E-state index is 6.43. The lowest BCUT2D eigenvalue weighted by molar-refractivity contribution is 0.669. The quantitative estimate of drug-likeness (QED) is 0.170. The van der Waals surface area contributed by atoms with Crippen LogP contribution in [0, 0.1) is 0 Å². The van der Waals surface area contributed by atoms with Crippen molar-refractivity contribution in [1.82, 2.24) is 15.0 Å². The van der Waals surface area contributed by atoms with Crippen molar-refractivity contribution >= 4 is 21.9 Å². The summed E-state index contributed by atoms with van der Waals surface area (Å²) in [5, 5.41) is 2.01. The molecule has 0 spiro atoms. The molecule has 4 nitrogen and oxygen atoms in total. The minimum absolute atomic E-state index is 0.603. The number of fused-ring (bicyclic) bond motifs is 3. The lowest BCUT2D eigenvalue weighted by atomic mass is 9.97. The van der Waals surface area contributed by atoms with E-state index in [1.165, 1.54) is 35.1 Å². The van der Waals surface area contributed by atoms with Gasteiger partial charge in [0, 0.05) is 27.5 Å². The standard InChI is InChI=1S/C48H33N3O/c1-3-8-31(9-4-1)32-24-26-39(27-25-32)47-49-46(38-10-5-2-6-11-38)50-48(51-47)41-12-7-13-44-45(41)42-30-40(28-29-43(42)52-44)37-22-20-36(21-23-37)35-18-16-34(17-19-35)33-14-15-33/h1-13,16-30,33H,14-15H2. The maximum atomic E-state index is 6.43. The van der Waals surface area contributed by atoms with Gasteiger partial charge < -0.3 is 4.42 Å². The molecule has 9 aromatic rings. The van der Waals surface area contributed by atoms with Gasteiger partial charge in [-0.05, 0) is 75.9 Å². The van der Waals surface area contributed by atoms with Crippen LogP contribution in [0.5, 0.6) is 0 Å². The van der Waals surface area contributed by atoms with Crippen LogP contribution in [0.15, 0.2) is 174 Å². The smallest absolute Gasteiger partial charge is 0.164 e. The zero-order valence-electron chi connectivity index (χ0n) is 28.4. The fraction of sp³-hybridized carbons (Fsp3) is 0.0625. The molecule has 10 rings (SSSR count). The van der Waals surface area contributed by atoms with E-state index in [-0.39, 0.29) is 0 Å². The average molecular weight is 668 g/mol. The van der Waals surface area contributed by atoms with E-state index in [1.54, 1.807) is 0 Å². The van der Waals surface area contributed by atoms with Crippen LogP contribution in [0.4, 0.5) is 0 Å². The van der Waals surface area contributed by atoms with E-state index in [0.717, 1.165) is 61.2 Å². The molecule has 0 saturated heterocycles. The summed E-state index contributed by atoms with van der Waals surface area (Å²) in [5.41, 5.74) is 12.9. The van der Waals surface area contributed by atoms with Gasteiger partial charge >= 0.3 is 0 Å². The van der Waals surface area contributed by atoms with Gasteiger partial charge in [0.25, 0.3) is 0 Å². The second kappa shape index (κ2) is 12.6. The largest absolute Gasteiger partial charge is 0.456 e. The Labute approximate surface area is 302 Å². The van der Waals surface area contributed by atoms with E-state index >= 15 is 0 Å². The van der Waals surface area contributed by atoms with Crippen LogP contribution in [0.2, 0.25) is 0 Å². The van der Waals surface area contributed by atoms with Crippen LogP contribution < -0.4 is 0 Å². The molecule has 52 heavy (non-hydrogen) atoms. The Hall–Kier alpha value is -6.65. The van der Waals surface area contributed by atoms with Crippen LogP contribution in [0.25, 0.3) is 89.5 Å². The minimum Gasteiger partial charge on any atom is -0.456 e. The highest BCUT2D eigenvalue weighted by Gasteiger charge is 2.23. The van der Waals surface area contributed by atoms with Crippen LogP contribution in [-0.2, 0) is 0 Å². The third-order valence-electron chi connectivity index (χ3n) is 10.2. The molecule has 0 atom stereocenters. The molecule has 4 heteroatoms. The molecule has 0 radical (unpaired) electrons. The van der Waals surface area contributed by atoms with Gasteiger partial charge in [-0.25, -0.2) is 15.0 Å². The number of aromatic nitrogens is 3. The molecule has 0 amide bonds. The molecule has 1 saturated carbocycles. The van der Waals surface area contributed by atoms with E-state index in [4.69, 9.17) is 19.4 Å². The fourth-order valence-electron chi connectivity index (χ4n) is 7.20. The number of benzene rings is 7. The Kier molecular flexibility index (Phi) is 7.31. The van der Waals surface area contributed by atoms with E-state index in [2.05, 4.69) is 121 Å². The first-order valence-corrected chi connectivity index (χ1v) is 17.9. The Morgan fingerprint density at radius 2 is 0.865 bits per heavy atom. The van der Waals surface area contributed by atoms with E-state index in [1.807, 2.05) is 48.5 Å². The molecular weight excluding hydrogens is 635 g/mol. The van der Waals surface area contributed by atoms with Crippen molar-refractivity contribution < 1.29 is 4.42 Å². The maximum Gasteiger partial charge on any atom is 0.164 e. The van der Waals surface area contributed by atoms with Gasteiger partial charge in [-0.1, -0.05) is 152 Å². The normalized spacial score (nSPS) is 12.8. The topological polar surface area (TPSA) is 51.8 Å². The second-order valence-corrected chi connectivity index (χ2v) is 13.6. The second-order valence-electron chi connectivity index (χ2n) is 13.6. The van der Waals surface area contributed by atoms with Gasteiger partial charge in [0.05, 0.1) is 0 Å². The monoisotopic (exact) mass is 667 g/mol. The number of rotatable bonds is 7. The number of hydrogen-bond donors (Lipinski definition) is 0. The van der Waals surface area contributed by atoms with Crippen molar-refractivity contribution in [3.63, 3.8) is 0 Å². The zero-order valence-corrected chi connectivity index (χ0v) is 28.4. The zero-order chi connectivity index (χ0) is 34.4. The highest BCUT2D eigenvalue weighted by atomic mass is 16.3. The summed E-state index contributed by atoms with van der Waals surface area (Å²) in [5.74, 6) is 2.62. The summed E-state index contributed by atoms with van der Waals surface area (Å²) < 4.78 is 6.43. The summed E-state index contributed by atoms with van der Waals surface area (Å²) in [6.45, 7) is 0. The molecule has 0 bridgehead atoms. The highest BCUT2D eigenvalue weighted by molar-refractivity contribution is 6.12. The van der Waals surface area contributed by atoms with Crippen LogP contribution >= 0.6 is 0 Å². The van der Waals surface area contributed by atoms with Crippen molar-refractivity contribution in [2.24, 2.45) is 0 Å². The van der Waals surface area contributed by atoms with Gasteiger partial charge in [-0.15, -0.1) is 0 Å².